The van der Waals surface area contributed by atoms with Gasteiger partial charge in [-0.2, -0.15) is 0 Å². The molecule has 0 radical (unpaired) electrons. The Morgan fingerprint density at radius 1 is 1.19 bits per heavy atom. The molecular formula is C18H21ClN2O4S2. The van der Waals surface area contributed by atoms with Crippen LogP contribution in [-0.4, -0.2) is 40.6 Å². The third-order valence-corrected chi connectivity index (χ3v) is 7.76. The van der Waals surface area contributed by atoms with Crippen LogP contribution >= 0.6 is 22.9 Å². The van der Waals surface area contributed by atoms with E-state index in [-0.39, 0.29) is 22.1 Å². The molecule has 1 saturated heterocycles. The molecule has 1 aliphatic rings. The normalized spacial score (nSPS) is 16.8. The van der Waals surface area contributed by atoms with Crippen LogP contribution in [0.15, 0.2) is 46.0 Å². The molecule has 1 aromatic carbocycles. The van der Waals surface area contributed by atoms with Gasteiger partial charge in [0.1, 0.15) is 4.21 Å². The summed E-state index contributed by atoms with van der Waals surface area (Å²) in [6.07, 6.45) is 1.55. The first-order chi connectivity index (χ1) is 12.9. The summed E-state index contributed by atoms with van der Waals surface area (Å²) >= 11 is 7.10. The first-order valence-electron chi connectivity index (χ1n) is 8.55. The molecule has 0 spiro atoms. The van der Waals surface area contributed by atoms with Crippen LogP contribution in [0.1, 0.15) is 18.4 Å². The largest absolute Gasteiger partial charge is 0.381 e. The smallest absolute Gasteiger partial charge is 0.250 e. The predicted octanol–water partition coefficient (Wildman–Crippen LogP) is 2.54. The lowest BCUT2D eigenvalue weighted by Crippen LogP contribution is -2.47. The van der Waals surface area contributed by atoms with Gasteiger partial charge < -0.3 is 10.1 Å². The Hall–Kier alpha value is -1.45. The maximum Gasteiger partial charge on any atom is 0.250 e. The van der Waals surface area contributed by atoms with E-state index >= 15 is 0 Å². The molecule has 2 N–H and O–H groups in total. The van der Waals surface area contributed by atoms with Crippen molar-refractivity contribution in [2.75, 3.05) is 26.3 Å². The molecule has 0 bridgehead atoms. The minimum Gasteiger partial charge on any atom is -0.381 e. The SMILES string of the molecule is O=C(CNS(=O)(=O)c1cccs1)NCC1(c2ccc(Cl)cc2)CCOCC1. The van der Waals surface area contributed by atoms with E-state index in [1.807, 2.05) is 24.3 Å². The van der Waals surface area contributed by atoms with Crippen molar-refractivity contribution in [3.63, 3.8) is 0 Å². The fourth-order valence-electron chi connectivity index (χ4n) is 3.11. The zero-order chi connectivity index (χ0) is 19.3. The maximum atomic E-state index is 12.2. The fourth-order valence-corrected chi connectivity index (χ4v) is 5.26. The Morgan fingerprint density at radius 2 is 1.89 bits per heavy atom. The first kappa shape index (κ1) is 20.3. The molecule has 0 atom stereocenters. The Labute approximate surface area is 167 Å². The third-order valence-electron chi connectivity index (χ3n) is 4.71. The lowest BCUT2D eigenvalue weighted by molar-refractivity contribution is -0.120. The number of rotatable bonds is 7. The molecule has 2 aromatic rings. The van der Waals surface area contributed by atoms with E-state index in [1.54, 1.807) is 11.4 Å². The van der Waals surface area contributed by atoms with Gasteiger partial charge in [-0.05, 0) is 42.0 Å². The van der Waals surface area contributed by atoms with Crippen LogP contribution in [0, 0.1) is 0 Å². The summed E-state index contributed by atoms with van der Waals surface area (Å²) < 4.78 is 32.2. The zero-order valence-corrected chi connectivity index (χ0v) is 17.0. The number of nitrogens with one attached hydrogen (secondary N) is 2. The number of thiophene rings is 1. The van der Waals surface area contributed by atoms with Crippen LogP contribution in [-0.2, 0) is 25.0 Å². The topological polar surface area (TPSA) is 84.5 Å². The van der Waals surface area contributed by atoms with Crippen LogP contribution in [0.3, 0.4) is 0 Å². The van der Waals surface area contributed by atoms with Crippen LogP contribution in [0.4, 0.5) is 0 Å². The Kier molecular flexibility index (Phi) is 6.54. The summed E-state index contributed by atoms with van der Waals surface area (Å²) in [6, 6.07) is 10.8. The molecule has 146 valence electrons. The van der Waals surface area contributed by atoms with Crippen LogP contribution in [0.25, 0.3) is 0 Å². The van der Waals surface area contributed by atoms with E-state index in [0.717, 1.165) is 29.7 Å². The van der Waals surface area contributed by atoms with Crippen molar-refractivity contribution in [3.05, 3.63) is 52.4 Å². The Morgan fingerprint density at radius 3 is 2.52 bits per heavy atom. The number of hydrogen-bond donors (Lipinski definition) is 2. The van der Waals surface area contributed by atoms with E-state index in [1.165, 1.54) is 6.07 Å². The average Bonchev–Trinajstić information content (AvgIpc) is 3.22. The highest BCUT2D eigenvalue weighted by atomic mass is 35.5. The summed E-state index contributed by atoms with van der Waals surface area (Å²) in [6.45, 7) is 1.35. The van der Waals surface area contributed by atoms with Gasteiger partial charge in [-0.3, -0.25) is 4.79 Å². The number of amides is 1. The molecule has 1 aromatic heterocycles. The number of ether oxygens (including phenoxy) is 1. The molecule has 0 unspecified atom stereocenters. The molecule has 0 saturated carbocycles. The van der Waals surface area contributed by atoms with Crippen LogP contribution in [0.5, 0.6) is 0 Å². The van der Waals surface area contributed by atoms with E-state index in [0.29, 0.717) is 24.8 Å². The standard InChI is InChI=1S/C18H21ClN2O4S2/c19-15-5-3-14(4-6-15)18(7-9-25-10-8-18)13-20-16(22)12-21-27(23,24)17-2-1-11-26-17/h1-6,11,21H,7-10,12-13H2,(H,20,22). The summed E-state index contributed by atoms with van der Waals surface area (Å²) in [4.78, 5) is 12.2. The Bertz CT molecular complexity index is 861. The number of carbonyl (C=O) groups is 1. The highest BCUT2D eigenvalue weighted by Crippen LogP contribution is 2.34. The zero-order valence-electron chi connectivity index (χ0n) is 14.6. The van der Waals surface area contributed by atoms with E-state index in [9.17, 15) is 13.2 Å². The van der Waals surface area contributed by atoms with Crippen molar-refractivity contribution < 1.29 is 17.9 Å². The molecule has 9 heteroatoms. The molecule has 27 heavy (non-hydrogen) atoms. The summed E-state index contributed by atoms with van der Waals surface area (Å²) in [7, 11) is -3.65. The van der Waals surface area contributed by atoms with Gasteiger partial charge in [-0.25, -0.2) is 13.1 Å². The second kappa shape index (κ2) is 8.70. The first-order valence-corrected chi connectivity index (χ1v) is 11.3. The van der Waals surface area contributed by atoms with Crippen LogP contribution < -0.4 is 10.0 Å². The summed E-state index contributed by atoms with van der Waals surface area (Å²) in [5.74, 6) is -0.366. The van der Waals surface area contributed by atoms with Gasteiger partial charge in [0, 0.05) is 30.2 Å². The fraction of sp³-hybridized carbons (Fsp3) is 0.389. The van der Waals surface area contributed by atoms with E-state index in [2.05, 4.69) is 10.0 Å². The predicted molar refractivity (Wildman–Crippen MR) is 106 cm³/mol. The lowest BCUT2D eigenvalue weighted by Gasteiger charge is -2.38. The lowest BCUT2D eigenvalue weighted by atomic mass is 9.74. The number of halogens is 1. The van der Waals surface area contributed by atoms with Crippen molar-refractivity contribution in [2.45, 2.75) is 22.5 Å². The van der Waals surface area contributed by atoms with Gasteiger partial charge >= 0.3 is 0 Å². The third kappa shape index (κ3) is 5.08. The van der Waals surface area contributed by atoms with E-state index < -0.39 is 10.0 Å². The Balaban J connectivity index is 1.62. The van der Waals surface area contributed by atoms with Crippen LogP contribution in [0.2, 0.25) is 5.02 Å². The molecule has 6 nitrogen and oxygen atoms in total. The summed E-state index contributed by atoms with van der Waals surface area (Å²) in [5, 5.41) is 5.21. The molecule has 2 heterocycles. The summed E-state index contributed by atoms with van der Waals surface area (Å²) in [5.41, 5.74) is 0.847. The number of hydrogen-bond acceptors (Lipinski definition) is 5. The molecule has 1 fully saturated rings. The maximum absolute atomic E-state index is 12.2. The quantitative estimate of drug-likeness (QED) is 0.709. The van der Waals surface area contributed by atoms with Crippen molar-refractivity contribution in [3.8, 4) is 0 Å². The highest BCUT2D eigenvalue weighted by Gasteiger charge is 2.34. The van der Waals surface area contributed by atoms with Gasteiger partial charge in [-0.1, -0.05) is 29.8 Å². The van der Waals surface area contributed by atoms with Crippen molar-refractivity contribution >= 4 is 38.9 Å². The van der Waals surface area contributed by atoms with Crippen molar-refractivity contribution in [2.24, 2.45) is 0 Å². The second-order valence-corrected chi connectivity index (χ2v) is 9.81. The second-order valence-electron chi connectivity index (χ2n) is 6.43. The van der Waals surface area contributed by atoms with E-state index in [4.69, 9.17) is 16.3 Å². The molecule has 3 rings (SSSR count). The number of carbonyl (C=O) groups excluding carboxylic acids is 1. The highest BCUT2D eigenvalue weighted by molar-refractivity contribution is 7.91. The van der Waals surface area contributed by atoms with Gasteiger partial charge in [0.15, 0.2) is 0 Å². The van der Waals surface area contributed by atoms with Crippen molar-refractivity contribution in [1.29, 1.82) is 0 Å². The van der Waals surface area contributed by atoms with Gasteiger partial charge in [0.05, 0.1) is 6.54 Å². The average molecular weight is 429 g/mol. The van der Waals surface area contributed by atoms with Crippen molar-refractivity contribution in [1.82, 2.24) is 10.0 Å². The van der Waals surface area contributed by atoms with Gasteiger partial charge in [0.2, 0.25) is 5.91 Å². The van der Waals surface area contributed by atoms with Gasteiger partial charge in [0.25, 0.3) is 10.0 Å². The number of benzene rings is 1. The van der Waals surface area contributed by atoms with Gasteiger partial charge in [-0.15, -0.1) is 11.3 Å². The molecule has 1 amide bonds. The number of sulfonamides is 1. The molecular weight excluding hydrogens is 408 g/mol. The minimum absolute atomic E-state index is 0.192. The molecule has 0 aliphatic carbocycles. The monoisotopic (exact) mass is 428 g/mol. The minimum atomic E-state index is -3.65. The molecule has 1 aliphatic heterocycles.